The minimum absolute atomic E-state index is 0.0767. The smallest absolute Gasteiger partial charge is 0.416 e. The molecule has 4 N–H and O–H groups in total. The number of carbonyl (C=O) groups excluding carboxylic acids is 1. The number of carbonyl (C=O) groups is 1. The second-order valence-corrected chi connectivity index (χ2v) is 8.96. The summed E-state index contributed by atoms with van der Waals surface area (Å²) >= 11 is 0. The highest BCUT2D eigenvalue weighted by Gasteiger charge is 2.35. The van der Waals surface area contributed by atoms with Crippen LogP contribution in [0.2, 0.25) is 0 Å². The molecule has 2 aromatic rings. The molecule has 0 aliphatic carbocycles. The third kappa shape index (κ3) is 7.01. The number of anilines is 2. The Morgan fingerprint density at radius 1 is 1.19 bits per heavy atom. The third-order valence-electron chi connectivity index (χ3n) is 5.43. The van der Waals surface area contributed by atoms with Crippen molar-refractivity contribution < 1.29 is 32.2 Å². The number of rotatable bonds is 7. The lowest BCUT2D eigenvalue weighted by atomic mass is 9.85. The highest BCUT2D eigenvalue weighted by Crippen LogP contribution is 2.36. The monoisotopic (exact) mass is 518 g/mol. The Kier molecular flexibility index (Phi) is 8.13. The minimum atomic E-state index is -4.70. The molecule has 0 spiro atoms. The van der Waals surface area contributed by atoms with Gasteiger partial charge in [0, 0.05) is 17.5 Å². The zero-order chi connectivity index (χ0) is 27.4. The van der Waals surface area contributed by atoms with E-state index < -0.39 is 35.2 Å². The van der Waals surface area contributed by atoms with E-state index in [4.69, 9.17) is 10.00 Å². The Morgan fingerprint density at radius 2 is 1.92 bits per heavy atom. The van der Waals surface area contributed by atoms with E-state index in [2.05, 4.69) is 16.0 Å². The van der Waals surface area contributed by atoms with Gasteiger partial charge in [0.25, 0.3) is 0 Å². The number of aliphatic hydroxyl groups excluding tert-OH is 1. The van der Waals surface area contributed by atoms with Crippen LogP contribution in [0.15, 0.2) is 54.4 Å². The number of ether oxygens (including phenoxy) is 1. The van der Waals surface area contributed by atoms with Crippen molar-refractivity contribution in [2.24, 2.45) is 5.41 Å². The number of aliphatic hydroxyl groups is 1. The lowest BCUT2D eigenvalue weighted by molar-refractivity contribution is -0.138. The van der Waals surface area contributed by atoms with Gasteiger partial charge in [0.2, 0.25) is 0 Å². The Hall–Kier alpha value is -4.04. The van der Waals surface area contributed by atoms with Crippen molar-refractivity contribution in [1.29, 1.82) is 5.26 Å². The molecular weight excluding hydrogens is 492 g/mol. The lowest BCUT2D eigenvalue weighted by Crippen LogP contribution is -2.30. The molecule has 0 fully saturated rings. The zero-order valence-corrected chi connectivity index (χ0v) is 20.3. The first-order chi connectivity index (χ1) is 17.3. The normalized spacial score (nSPS) is 15.6. The Bertz CT molecular complexity index is 1280. The number of hydrogen-bond donors (Lipinski definition) is 4. The van der Waals surface area contributed by atoms with Gasteiger partial charge in [-0.25, -0.2) is 9.18 Å². The van der Waals surface area contributed by atoms with E-state index in [0.717, 1.165) is 12.1 Å². The maximum atomic E-state index is 14.7. The number of benzene rings is 2. The molecule has 7 nitrogen and oxygen atoms in total. The van der Waals surface area contributed by atoms with Crippen molar-refractivity contribution in [3.05, 3.63) is 76.9 Å². The fourth-order valence-corrected chi connectivity index (χ4v) is 3.65. The van der Waals surface area contributed by atoms with Crippen LogP contribution >= 0.6 is 0 Å². The summed E-state index contributed by atoms with van der Waals surface area (Å²) in [5.41, 5.74) is -1.43. The highest BCUT2D eigenvalue weighted by molar-refractivity contribution is 6.00. The van der Waals surface area contributed by atoms with Crippen LogP contribution in [-0.2, 0) is 17.3 Å². The molecule has 3 rings (SSSR count). The average molecular weight is 519 g/mol. The van der Waals surface area contributed by atoms with E-state index in [1.807, 2.05) is 6.07 Å². The molecular formula is C26H26F4N4O3. The summed E-state index contributed by atoms with van der Waals surface area (Å²) in [5.74, 6) is -0.515. The Labute approximate surface area is 211 Å². The van der Waals surface area contributed by atoms with E-state index in [9.17, 15) is 27.5 Å². The van der Waals surface area contributed by atoms with Crippen LogP contribution in [0, 0.1) is 22.6 Å². The van der Waals surface area contributed by atoms with E-state index in [1.54, 1.807) is 13.0 Å². The van der Waals surface area contributed by atoms with Crippen LogP contribution in [-0.4, -0.2) is 24.0 Å². The third-order valence-corrected chi connectivity index (χ3v) is 5.43. The fraction of sp³-hybridized carbons (Fsp3) is 0.308. The van der Waals surface area contributed by atoms with Gasteiger partial charge in [0.05, 0.1) is 29.3 Å². The quantitative estimate of drug-likeness (QED) is 0.349. The topological polar surface area (TPSA) is 106 Å². The molecule has 1 unspecified atom stereocenters. The van der Waals surface area contributed by atoms with Crippen LogP contribution in [0.5, 0.6) is 0 Å². The first-order valence-electron chi connectivity index (χ1n) is 11.3. The Morgan fingerprint density at radius 3 is 2.54 bits per heavy atom. The number of urea groups is 1. The van der Waals surface area contributed by atoms with Crippen molar-refractivity contribution in [1.82, 2.24) is 5.32 Å². The molecule has 1 atom stereocenters. The second kappa shape index (κ2) is 10.9. The Balaban J connectivity index is 1.75. The molecule has 1 aliphatic rings. The number of nitrogens with one attached hydrogen (secondary N) is 3. The molecule has 2 amide bonds. The van der Waals surface area contributed by atoms with Crippen molar-refractivity contribution in [2.75, 3.05) is 17.2 Å². The number of allylic oxidation sites excluding steroid dienone is 2. The molecule has 11 heteroatoms. The predicted molar refractivity (Wildman–Crippen MR) is 130 cm³/mol. The van der Waals surface area contributed by atoms with Crippen molar-refractivity contribution in [2.45, 2.75) is 39.6 Å². The zero-order valence-electron chi connectivity index (χ0n) is 20.3. The minimum Gasteiger partial charge on any atom is -0.493 e. The fourth-order valence-electron chi connectivity index (χ4n) is 3.65. The van der Waals surface area contributed by atoms with Crippen molar-refractivity contribution >= 4 is 23.0 Å². The number of hydrogen-bond acceptors (Lipinski definition) is 5. The molecule has 196 valence electrons. The largest absolute Gasteiger partial charge is 0.493 e. The van der Waals surface area contributed by atoms with Gasteiger partial charge in [-0.1, -0.05) is 12.1 Å². The van der Waals surface area contributed by atoms with Gasteiger partial charge in [-0.05, 0) is 68.7 Å². The highest BCUT2D eigenvalue weighted by atomic mass is 19.4. The average Bonchev–Trinajstić information content (AvgIpc) is 2.82. The van der Waals surface area contributed by atoms with Gasteiger partial charge >= 0.3 is 12.2 Å². The molecule has 1 heterocycles. The molecule has 0 aromatic heterocycles. The van der Waals surface area contributed by atoms with E-state index >= 15 is 0 Å². The van der Waals surface area contributed by atoms with Crippen LogP contribution < -0.4 is 16.0 Å². The molecule has 0 saturated carbocycles. The lowest BCUT2D eigenvalue weighted by Gasteiger charge is -2.21. The number of nitrogens with zero attached hydrogens (tertiary/aromatic N) is 1. The van der Waals surface area contributed by atoms with Crippen molar-refractivity contribution in [3.63, 3.8) is 0 Å². The summed E-state index contributed by atoms with van der Waals surface area (Å²) in [7, 11) is 0. The number of amides is 2. The van der Waals surface area contributed by atoms with Gasteiger partial charge in [0.15, 0.2) is 6.23 Å². The number of dihydropyridines is 1. The van der Waals surface area contributed by atoms with E-state index in [-0.39, 0.29) is 29.1 Å². The number of nitriles is 1. The van der Waals surface area contributed by atoms with Gasteiger partial charge in [-0.3, -0.25) is 0 Å². The van der Waals surface area contributed by atoms with Crippen LogP contribution in [0.4, 0.5) is 33.7 Å². The van der Waals surface area contributed by atoms with E-state index in [0.29, 0.717) is 17.7 Å². The molecule has 1 aliphatic heterocycles. The first-order valence-corrected chi connectivity index (χ1v) is 11.3. The molecule has 37 heavy (non-hydrogen) atoms. The van der Waals surface area contributed by atoms with Crippen molar-refractivity contribution in [3.8, 4) is 6.07 Å². The molecule has 0 saturated heterocycles. The first kappa shape index (κ1) is 27.5. The summed E-state index contributed by atoms with van der Waals surface area (Å²) in [4.78, 5) is 12.4. The summed E-state index contributed by atoms with van der Waals surface area (Å²) in [6, 6.07) is 8.30. The molecule has 0 bridgehead atoms. The maximum Gasteiger partial charge on any atom is 0.416 e. The van der Waals surface area contributed by atoms with Gasteiger partial charge in [0.1, 0.15) is 11.6 Å². The number of halogens is 4. The SMILES string of the molecule is CCOC1=CC(c2ccc(NC(=O)Nc3ccc(CC(C)(C)C#N)c(C(F)(F)F)c3)c(F)c2)=CNC1O. The maximum absolute atomic E-state index is 14.7. The van der Waals surface area contributed by atoms with Gasteiger partial charge in [-0.15, -0.1) is 0 Å². The van der Waals surface area contributed by atoms with E-state index in [1.165, 1.54) is 44.3 Å². The van der Waals surface area contributed by atoms with Gasteiger partial charge < -0.3 is 25.8 Å². The molecule has 0 radical (unpaired) electrons. The second-order valence-electron chi connectivity index (χ2n) is 8.96. The summed E-state index contributed by atoms with van der Waals surface area (Å²) in [5, 5.41) is 26.3. The molecule has 2 aromatic carbocycles. The summed E-state index contributed by atoms with van der Waals surface area (Å²) in [6.07, 6.45) is -2.82. The van der Waals surface area contributed by atoms with Crippen LogP contribution in [0.25, 0.3) is 5.57 Å². The predicted octanol–water partition coefficient (Wildman–Crippen LogP) is 5.76. The summed E-state index contributed by atoms with van der Waals surface area (Å²) in [6.45, 7) is 5.15. The van der Waals surface area contributed by atoms with Gasteiger partial charge in [-0.2, -0.15) is 18.4 Å². The van der Waals surface area contributed by atoms with Crippen LogP contribution in [0.3, 0.4) is 0 Å². The van der Waals surface area contributed by atoms with Crippen LogP contribution in [0.1, 0.15) is 37.5 Å². The summed E-state index contributed by atoms with van der Waals surface area (Å²) < 4.78 is 61.0. The number of alkyl halides is 3. The standard InChI is InChI=1S/C26H26F4N4O3/c1-4-37-22-10-17(13-32-23(22)35)15-6-8-21(20(27)9-15)34-24(36)33-18-7-5-16(12-25(2,3)14-31)19(11-18)26(28,29)30/h5-11,13,23,32,35H,4,12H2,1-3H3,(H2,33,34,36).